The van der Waals surface area contributed by atoms with Gasteiger partial charge in [0.25, 0.3) is 0 Å². The molecule has 2 aromatic rings. The number of rotatable bonds is 6. The molecule has 23 heavy (non-hydrogen) atoms. The van der Waals surface area contributed by atoms with Crippen molar-refractivity contribution in [2.45, 2.75) is 31.3 Å². The first-order chi connectivity index (χ1) is 11.4. The first-order valence-electron chi connectivity index (χ1n) is 8.37. The van der Waals surface area contributed by atoms with E-state index >= 15 is 0 Å². The van der Waals surface area contributed by atoms with Crippen LogP contribution in [-0.2, 0) is 0 Å². The van der Waals surface area contributed by atoms with E-state index in [-0.39, 0.29) is 18.7 Å². The van der Waals surface area contributed by atoms with Crippen LogP contribution in [0.4, 0.5) is 0 Å². The van der Waals surface area contributed by atoms with Crippen molar-refractivity contribution in [3.63, 3.8) is 0 Å². The summed E-state index contributed by atoms with van der Waals surface area (Å²) in [4.78, 5) is 4.28. The van der Waals surface area contributed by atoms with E-state index in [2.05, 4.69) is 40.7 Å². The lowest BCUT2D eigenvalue weighted by atomic mass is 9.85. The zero-order valence-electron chi connectivity index (χ0n) is 13.3. The Kier molecular flexibility index (Phi) is 5.56. The van der Waals surface area contributed by atoms with Crippen molar-refractivity contribution in [3.05, 3.63) is 78.1 Å². The third-order valence-electron chi connectivity index (χ3n) is 4.53. The Labute approximate surface area is 138 Å². The quantitative estimate of drug-likeness (QED) is 0.798. The maximum Gasteiger partial charge on any atom is 0.0626 e. The number of hydrogen-bond acceptors (Lipinski definition) is 3. The highest BCUT2D eigenvalue weighted by Gasteiger charge is 2.25. The van der Waals surface area contributed by atoms with Crippen LogP contribution < -0.4 is 5.32 Å². The highest BCUT2D eigenvalue weighted by Crippen LogP contribution is 2.32. The van der Waals surface area contributed by atoms with Gasteiger partial charge in [-0.3, -0.25) is 4.98 Å². The van der Waals surface area contributed by atoms with Gasteiger partial charge in [-0.15, -0.1) is 0 Å². The van der Waals surface area contributed by atoms with Crippen molar-refractivity contribution < 1.29 is 5.11 Å². The van der Waals surface area contributed by atoms with E-state index in [1.54, 1.807) is 6.20 Å². The number of aliphatic hydroxyl groups excluding tert-OH is 1. The Bertz CT molecular complexity index is 612. The van der Waals surface area contributed by atoms with Crippen molar-refractivity contribution in [1.29, 1.82) is 0 Å². The molecule has 0 spiro atoms. The molecule has 3 nitrogen and oxygen atoms in total. The fourth-order valence-electron chi connectivity index (χ4n) is 3.30. The van der Waals surface area contributed by atoms with Gasteiger partial charge in [0.1, 0.15) is 0 Å². The Hall–Kier alpha value is -1.97. The molecule has 0 saturated heterocycles. The lowest BCUT2D eigenvalue weighted by Gasteiger charge is -2.31. The lowest BCUT2D eigenvalue weighted by molar-refractivity contribution is 0.219. The number of allylic oxidation sites excluding steroid dienone is 1. The van der Waals surface area contributed by atoms with Gasteiger partial charge < -0.3 is 10.4 Å². The van der Waals surface area contributed by atoms with Crippen molar-refractivity contribution in [2.75, 3.05) is 6.61 Å². The first kappa shape index (κ1) is 15.9. The highest BCUT2D eigenvalue weighted by molar-refractivity contribution is 5.22. The third-order valence-corrected chi connectivity index (χ3v) is 4.53. The van der Waals surface area contributed by atoms with Gasteiger partial charge >= 0.3 is 0 Å². The molecule has 0 radical (unpaired) electrons. The smallest absolute Gasteiger partial charge is 0.0626 e. The summed E-state index contributed by atoms with van der Waals surface area (Å²) >= 11 is 0. The van der Waals surface area contributed by atoms with Gasteiger partial charge in [-0.25, -0.2) is 0 Å². The van der Waals surface area contributed by atoms with Crippen LogP contribution in [0.1, 0.15) is 42.5 Å². The van der Waals surface area contributed by atoms with E-state index in [1.165, 1.54) is 18.4 Å². The molecule has 0 saturated carbocycles. The molecule has 1 aliphatic carbocycles. The zero-order chi connectivity index (χ0) is 15.9. The van der Waals surface area contributed by atoms with Crippen molar-refractivity contribution in [2.24, 2.45) is 5.92 Å². The third kappa shape index (κ3) is 4.06. The van der Waals surface area contributed by atoms with Gasteiger partial charge in [0.05, 0.1) is 12.6 Å². The van der Waals surface area contributed by atoms with Crippen LogP contribution in [-0.4, -0.2) is 16.7 Å². The number of aliphatic hydroxyl groups is 1. The minimum atomic E-state index is -0.0725. The molecule has 3 rings (SSSR count). The minimum Gasteiger partial charge on any atom is -0.394 e. The summed E-state index contributed by atoms with van der Waals surface area (Å²) < 4.78 is 0. The van der Waals surface area contributed by atoms with Gasteiger partial charge in [0.2, 0.25) is 0 Å². The molecule has 1 heterocycles. The second-order valence-electron chi connectivity index (χ2n) is 6.10. The van der Waals surface area contributed by atoms with Crippen molar-refractivity contribution >= 4 is 0 Å². The van der Waals surface area contributed by atoms with E-state index in [0.29, 0.717) is 5.92 Å². The van der Waals surface area contributed by atoms with E-state index in [1.807, 2.05) is 30.5 Å². The predicted octanol–water partition coefficient (Wildman–Crippen LogP) is 3.80. The Morgan fingerprint density at radius 2 is 1.96 bits per heavy atom. The largest absolute Gasteiger partial charge is 0.394 e. The Morgan fingerprint density at radius 3 is 2.61 bits per heavy atom. The van der Waals surface area contributed by atoms with Crippen LogP contribution in [0.15, 0.2) is 67.0 Å². The summed E-state index contributed by atoms with van der Waals surface area (Å²) in [5, 5.41) is 13.5. The average Bonchev–Trinajstić information content (AvgIpc) is 2.65. The Balaban J connectivity index is 1.85. The molecule has 0 bridgehead atoms. The number of benzene rings is 1. The van der Waals surface area contributed by atoms with Crippen LogP contribution in [0.3, 0.4) is 0 Å². The summed E-state index contributed by atoms with van der Waals surface area (Å²) in [6.07, 6.45) is 11.9. The second-order valence-corrected chi connectivity index (χ2v) is 6.10. The number of nitrogens with one attached hydrogen (secondary N) is 1. The predicted molar refractivity (Wildman–Crippen MR) is 92.9 cm³/mol. The lowest BCUT2D eigenvalue weighted by Crippen LogP contribution is -2.33. The van der Waals surface area contributed by atoms with Crippen LogP contribution in [0, 0.1) is 5.92 Å². The molecule has 1 aromatic heterocycles. The SMILES string of the molecule is OC[C@H](N[C@@H](c1cccnc1)[C@H]1C=CCCC1)c1ccccc1. The number of hydrogen-bond donors (Lipinski definition) is 2. The average molecular weight is 308 g/mol. The first-order valence-corrected chi connectivity index (χ1v) is 8.37. The number of nitrogens with zero attached hydrogens (tertiary/aromatic N) is 1. The number of aromatic nitrogens is 1. The summed E-state index contributed by atoms with van der Waals surface area (Å²) in [6, 6.07) is 14.3. The van der Waals surface area contributed by atoms with Crippen molar-refractivity contribution in [1.82, 2.24) is 10.3 Å². The van der Waals surface area contributed by atoms with E-state index < -0.39 is 0 Å². The maximum absolute atomic E-state index is 9.88. The summed E-state index contributed by atoms with van der Waals surface area (Å²) in [6.45, 7) is 0.0806. The normalized spacial score (nSPS) is 20.1. The molecule has 2 N–H and O–H groups in total. The molecule has 0 fully saturated rings. The van der Waals surface area contributed by atoms with Crippen LogP contribution >= 0.6 is 0 Å². The molecular weight excluding hydrogens is 284 g/mol. The molecule has 0 aliphatic heterocycles. The monoisotopic (exact) mass is 308 g/mol. The maximum atomic E-state index is 9.88. The Morgan fingerprint density at radius 1 is 1.13 bits per heavy atom. The van der Waals surface area contributed by atoms with Gasteiger partial charge in [-0.1, -0.05) is 48.6 Å². The molecule has 120 valence electrons. The van der Waals surface area contributed by atoms with E-state index in [9.17, 15) is 5.11 Å². The summed E-state index contributed by atoms with van der Waals surface area (Å²) in [5.74, 6) is 0.436. The molecule has 3 atom stereocenters. The van der Waals surface area contributed by atoms with Gasteiger partial charge in [-0.2, -0.15) is 0 Å². The summed E-state index contributed by atoms with van der Waals surface area (Å²) in [7, 11) is 0. The molecule has 1 aromatic carbocycles. The van der Waals surface area contributed by atoms with E-state index in [0.717, 1.165) is 12.0 Å². The zero-order valence-corrected chi connectivity index (χ0v) is 13.3. The molecule has 0 unspecified atom stereocenters. The topological polar surface area (TPSA) is 45.1 Å². The van der Waals surface area contributed by atoms with E-state index in [4.69, 9.17) is 0 Å². The van der Waals surface area contributed by atoms with Gasteiger partial charge in [0, 0.05) is 18.4 Å². The highest BCUT2D eigenvalue weighted by atomic mass is 16.3. The molecular formula is C20H24N2O. The van der Waals surface area contributed by atoms with Gasteiger partial charge in [-0.05, 0) is 42.4 Å². The minimum absolute atomic E-state index is 0.0725. The molecule has 0 amide bonds. The summed E-state index contributed by atoms with van der Waals surface area (Å²) in [5.41, 5.74) is 2.29. The number of pyridine rings is 1. The molecule has 3 heteroatoms. The van der Waals surface area contributed by atoms with Crippen LogP contribution in [0.5, 0.6) is 0 Å². The standard InChI is InChI=1S/C20H24N2O/c23-15-19(16-8-3-1-4-9-16)22-20(17-10-5-2-6-11-17)18-12-7-13-21-14-18/h1,3-5,7-10,12-14,17,19-20,22-23H,2,6,11,15H2/t17-,19-,20+/m0/s1. The molecule has 1 aliphatic rings. The fourth-order valence-corrected chi connectivity index (χ4v) is 3.30. The van der Waals surface area contributed by atoms with Crippen LogP contribution in [0.25, 0.3) is 0 Å². The second kappa shape index (κ2) is 8.04. The van der Waals surface area contributed by atoms with Gasteiger partial charge in [0.15, 0.2) is 0 Å². The van der Waals surface area contributed by atoms with Crippen molar-refractivity contribution in [3.8, 4) is 0 Å². The van der Waals surface area contributed by atoms with Crippen LogP contribution in [0.2, 0.25) is 0 Å². The fraction of sp³-hybridized carbons (Fsp3) is 0.350.